The Kier molecular flexibility index (Phi) is 5.54. The van der Waals surface area contributed by atoms with Gasteiger partial charge in [-0.25, -0.2) is 4.68 Å². The molecule has 0 spiro atoms. The number of rotatable bonds is 4. The van der Waals surface area contributed by atoms with Gasteiger partial charge in [0.2, 0.25) is 5.91 Å². The van der Waals surface area contributed by atoms with Crippen LogP contribution in [-0.4, -0.2) is 15.3 Å². The van der Waals surface area contributed by atoms with Crippen LogP contribution >= 0.6 is 23.2 Å². The fourth-order valence-corrected chi connectivity index (χ4v) is 3.26. The molecule has 0 aliphatic heterocycles. The highest BCUT2D eigenvalue weighted by Crippen LogP contribution is 2.20. The molecule has 0 saturated heterocycles. The van der Waals surface area contributed by atoms with Gasteiger partial charge in [0.05, 0.1) is 11.4 Å². The lowest BCUT2D eigenvalue weighted by molar-refractivity contribution is -0.111. The molecule has 5 nitrogen and oxygen atoms in total. The van der Waals surface area contributed by atoms with Crippen molar-refractivity contribution in [3.05, 3.63) is 86.3 Å². The van der Waals surface area contributed by atoms with Gasteiger partial charge in [-0.3, -0.25) is 14.3 Å². The number of para-hydroxylation sites is 1. The first-order chi connectivity index (χ1) is 12.9. The first-order valence-corrected chi connectivity index (χ1v) is 8.91. The Labute approximate surface area is 166 Å². The van der Waals surface area contributed by atoms with Gasteiger partial charge in [0.1, 0.15) is 5.69 Å². The van der Waals surface area contributed by atoms with E-state index in [2.05, 4.69) is 5.32 Å². The molecule has 0 saturated carbocycles. The predicted molar refractivity (Wildman–Crippen MR) is 110 cm³/mol. The summed E-state index contributed by atoms with van der Waals surface area (Å²) < 4.78 is 3.21. The van der Waals surface area contributed by atoms with Gasteiger partial charge in [0.25, 0.3) is 5.56 Å². The first-order valence-electron chi connectivity index (χ1n) is 8.16. The van der Waals surface area contributed by atoms with Crippen molar-refractivity contribution in [1.29, 1.82) is 0 Å². The third-order valence-corrected chi connectivity index (χ3v) is 4.55. The Morgan fingerprint density at radius 1 is 1.07 bits per heavy atom. The summed E-state index contributed by atoms with van der Waals surface area (Å²) in [6.07, 6.45) is 2.92. The van der Waals surface area contributed by atoms with E-state index in [1.165, 1.54) is 10.8 Å². The van der Waals surface area contributed by atoms with Crippen molar-refractivity contribution < 1.29 is 4.79 Å². The average Bonchev–Trinajstić information content (AvgIpc) is 2.83. The largest absolute Gasteiger partial charge is 0.316 e. The highest BCUT2D eigenvalue weighted by Gasteiger charge is 2.17. The Hall–Kier alpha value is -2.76. The summed E-state index contributed by atoms with van der Waals surface area (Å²) >= 11 is 11.9. The van der Waals surface area contributed by atoms with Gasteiger partial charge >= 0.3 is 0 Å². The minimum Gasteiger partial charge on any atom is -0.316 e. The molecule has 2 aromatic carbocycles. The summed E-state index contributed by atoms with van der Waals surface area (Å²) in [7, 11) is 1.77. The Balaban J connectivity index is 1.87. The number of nitrogens with zero attached hydrogens (tertiary/aromatic N) is 2. The molecule has 1 N–H and O–H groups in total. The minimum atomic E-state index is -0.419. The molecule has 1 heterocycles. The Morgan fingerprint density at radius 3 is 2.33 bits per heavy atom. The van der Waals surface area contributed by atoms with Crippen LogP contribution < -0.4 is 10.9 Å². The van der Waals surface area contributed by atoms with Crippen molar-refractivity contribution in [2.24, 2.45) is 7.05 Å². The van der Waals surface area contributed by atoms with Crippen molar-refractivity contribution in [2.45, 2.75) is 6.92 Å². The maximum Gasteiger partial charge on any atom is 0.295 e. The molecule has 0 atom stereocenters. The quantitative estimate of drug-likeness (QED) is 0.656. The van der Waals surface area contributed by atoms with E-state index in [4.69, 9.17) is 23.2 Å². The highest BCUT2D eigenvalue weighted by atomic mass is 35.5. The number of amides is 1. The topological polar surface area (TPSA) is 56.0 Å². The van der Waals surface area contributed by atoms with Gasteiger partial charge in [0.15, 0.2) is 0 Å². The van der Waals surface area contributed by atoms with Gasteiger partial charge in [0, 0.05) is 23.2 Å². The number of aromatic nitrogens is 2. The van der Waals surface area contributed by atoms with Crippen LogP contribution in [0.15, 0.2) is 59.4 Å². The lowest BCUT2D eigenvalue weighted by Gasteiger charge is -2.07. The summed E-state index contributed by atoms with van der Waals surface area (Å²) in [5.41, 5.74) is 2.00. The second-order valence-electron chi connectivity index (χ2n) is 5.96. The van der Waals surface area contributed by atoms with E-state index in [9.17, 15) is 9.59 Å². The molecular formula is C20H17Cl2N3O2. The number of carbonyl (C=O) groups excluding carboxylic acids is 1. The smallest absolute Gasteiger partial charge is 0.295 e. The molecule has 0 aliphatic rings. The molecule has 0 bridgehead atoms. The van der Waals surface area contributed by atoms with Crippen LogP contribution in [0.5, 0.6) is 0 Å². The Morgan fingerprint density at radius 2 is 1.70 bits per heavy atom. The number of hydrogen-bond acceptors (Lipinski definition) is 2. The van der Waals surface area contributed by atoms with Crippen LogP contribution in [0.3, 0.4) is 0 Å². The van der Waals surface area contributed by atoms with E-state index < -0.39 is 5.91 Å². The lowest BCUT2D eigenvalue weighted by Crippen LogP contribution is -2.22. The van der Waals surface area contributed by atoms with E-state index in [1.807, 2.05) is 30.3 Å². The van der Waals surface area contributed by atoms with Crippen LogP contribution in [-0.2, 0) is 11.8 Å². The summed E-state index contributed by atoms with van der Waals surface area (Å²) in [6, 6.07) is 14.2. The molecule has 27 heavy (non-hydrogen) atoms. The van der Waals surface area contributed by atoms with Gasteiger partial charge in [-0.1, -0.05) is 41.4 Å². The maximum atomic E-state index is 12.8. The number of nitrogens with one attached hydrogen (secondary N) is 1. The van der Waals surface area contributed by atoms with Crippen LogP contribution in [0, 0.1) is 6.92 Å². The first kappa shape index (κ1) is 19.0. The molecule has 1 aromatic heterocycles. The van der Waals surface area contributed by atoms with Crippen molar-refractivity contribution >= 4 is 40.9 Å². The van der Waals surface area contributed by atoms with Crippen molar-refractivity contribution in [1.82, 2.24) is 9.36 Å². The zero-order valence-electron chi connectivity index (χ0n) is 14.7. The van der Waals surface area contributed by atoms with E-state index in [1.54, 1.807) is 42.9 Å². The lowest BCUT2D eigenvalue weighted by atomic mass is 10.2. The zero-order valence-corrected chi connectivity index (χ0v) is 16.3. The zero-order chi connectivity index (χ0) is 19.6. The molecule has 3 rings (SSSR count). The van der Waals surface area contributed by atoms with Crippen molar-refractivity contribution in [2.75, 3.05) is 5.32 Å². The fourth-order valence-electron chi connectivity index (χ4n) is 2.72. The molecular weight excluding hydrogens is 385 g/mol. The number of halogens is 2. The third-order valence-electron chi connectivity index (χ3n) is 4.11. The average molecular weight is 402 g/mol. The number of hydrogen-bond donors (Lipinski definition) is 1. The molecule has 138 valence electrons. The summed E-state index contributed by atoms with van der Waals surface area (Å²) in [6.45, 7) is 1.77. The van der Waals surface area contributed by atoms with Gasteiger partial charge in [-0.2, -0.15) is 0 Å². The van der Waals surface area contributed by atoms with Crippen molar-refractivity contribution in [3.8, 4) is 5.69 Å². The van der Waals surface area contributed by atoms with Crippen molar-refractivity contribution in [3.63, 3.8) is 0 Å². The van der Waals surface area contributed by atoms with Gasteiger partial charge in [-0.05, 0) is 48.9 Å². The monoisotopic (exact) mass is 401 g/mol. The number of carbonyl (C=O) groups is 1. The standard InChI is InChI=1S/C20H17Cl2N3O2/c1-13-19(20(27)25(24(13)2)17-6-4-3-5-7-17)23-18(26)9-8-14-10-15(21)12-16(22)11-14/h3-12H,1-2H3,(H,23,26)/b9-8+. The molecule has 0 unspecified atom stereocenters. The molecule has 0 radical (unpaired) electrons. The second-order valence-corrected chi connectivity index (χ2v) is 6.83. The van der Waals surface area contributed by atoms with Crippen LogP contribution in [0.4, 0.5) is 5.69 Å². The second kappa shape index (κ2) is 7.86. The van der Waals surface area contributed by atoms with Crippen LogP contribution in [0.2, 0.25) is 10.0 Å². The van der Waals surface area contributed by atoms with E-state index >= 15 is 0 Å². The molecule has 0 fully saturated rings. The summed E-state index contributed by atoms with van der Waals surface area (Å²) in [5, 5.41) is 3.62. The normalized spacial score (nSPS) is 11.1. The predicted octanol–water partition coefficient (Wildman–Crippen LogP) is 4.44. The maximum absolute atomic E-state index is 12.8. The third kappa shape index (κ3) is 4.15. The van der Waals surface area contributed by atoms with E-state index in [0.717, 1.165) is 5.69 Å². The molecule has 7 heteroatoms. The van der Waals surface area contributed by atoms with Gasteiger partial charge < -0.3 is 5.32 Å². The van der Waals surface area contributed by atoms with Gasteiger partial charge in [-0.15, -0.1) is 0 Å². The Bertz CT molecular complexity index is 1060. The van der Waals surface area contributed by atoms with E-state index in [0.29, 0.717) is 21.3 Å². The highest BCUT2D eigenvalue weighted by molar-refractivity contribution is 6.34. The summed E-state index contributed by atoms with van der Waals surface area (Å²) in [4.78, 5) is 25.1. The SMILES string of the molecule is Cc1c(NC(=O)/C=C/c2cc(Cl)cc(Cl)c2)c(=O)n(-c2ccccc2)n1C. The van der Waals surface area contributed by atoms with E-state index in [-0.39, 0.29) is 11.2 Å². The molecule has 3 aromatic rings. The fraction of sp³-hybridized carbons (Fsp3) is 0.100. The number of anilines is 1. The number of benzene rings is 2. The van der Waals surface area contributed by atoms with Crippen LogP contribution in [0.25, 0.3) is 11.8 Å². The van der Waals surface area contributed by atoms with Crippen LogP contribution in [0.1, 0.15) is 11.3 Å². The minimum absolute atomic E-state index is 0.236. The summed E-state index contributed by atoms with van der Waals surface area (Å²) in [5.74, 6) is -0.419. The molecule has 1 amide bonds. The molecule has 0 aliphatic carbocycles.